The predicted octanol–water partition coefficient (Wildman–Crippen LogP) is 1.83. The lowest BCUT2D eigenvalue weighted by Gasteiger charge is -2.09. The van der Waals surface area contributed by atoms with Crippen LogP contribution in [0.15, 0.2) is 33.7 Å². The molecule has 108 valence electrons. The Kier molecular flexibility index (Phi) is 3.99. The van der Waals surface area contributed by atoms with Gasteiger partial charge in [-0.2, -0.15) is 0 Å². The third-order valence-electron chi connectivity index (χ3n) is 2.83. The van der Waals surface area contributed by atoms with Crippen LogP contribution in [0, 0.1) is 0 Å². The van der Waals surface area contributed by atoms with E-state index in [4.69, 9.17) is 10.2 Å². The second kappa shape index (κ2) is 5.54. The summed E-state index contributed by atoms with van der Waals surface area (Å²) >= 11 is 0. The van der Waals surface area contributed by atoms with Crippen LogP contribution in [0.4, 0.5) is 11.4 Å². The summed E-state index contributed by atoms with van der Waals surface area (Å²) in [5.74, 6) is 1.38. The Morgan fingerprint density at radius 2 is 2.15 bits per heavy atom. The average molecular weight is 295 g/mol. The summed E-state index contributed by atoms with van der Waals surface area (Å²) in [4.78, 5) is 4.32. The smallest absolute Gasteiger partial charge is 0.213 e. The van der Waals surface area contributed by atoms with E-state index in [0.29, 0.717) is 23.8 Å². The molecular formula is C13H17N3O3S. The zero-order valence-electron chi connectivity index (χ0n) is 11.4. The van der Waals surface area contributed by atoms with Gasteiger partial charge in [0, 0.05) is 12.7 Å². The topological polar surface area (TPSA) is 98.2 Å². The molecule has 2 aromatic rings. The van der Waals surface area contributed by atoms with Crippen LogP contribution in [-0.4, -0.2) is 19.7 Å². The zero-order chi connectivity index (χ0) is 14.8. The maximum atomic E-state index is 11.4. The summed E-state index contributed by atoms with van der Waals surface area (Å²) < 4.78 is 28.3. The fourth-order valence-corrected chi connectivity index (χ4v) is 2.35. The fraction of sp³-hybridized carbons (Fsp3) is 0.308. The highest BCUT2D eigenvalue weighted by atomic mass is 32.2. The van der Waals surface area contributed by atoms with Crippen molar-refractivity contribution in [1.82, 2.24) is 4.98 Å². The number of aromatic nitrogens is 1. The standard InChI is InChI=1S/C13H17N3O3S/c1-3-9-7-16-13(19-9)8-15-12-5-4-10(6-11(12)14)20(2,17)18/h4-7,15H,3,8,14H2,1-2H3. The molecule has 0 bridgehead atoms. The molecule has 0 unspecified atom stereocenters. The average Bonchev–Trinajstić information content (AvgIpc) is 2.84. The Morgan fingerprint density at radius 3 is 2.70 bits per heavy atom. The number of hydrogen-bond acceptors (Lipinski definition) is 6. The van der Waals surface area contributed by atoms with E-state index in [2.05, 4.69) is 10.3 Å². The van der Waals surface area contributed by atoms with Gasteiger partial charge in [-0.05, 0) is 18.2 Å². The molecule has 20 heavy (non-hydrogen) atoms. The van der Waals surface area contributed by atoms with Crippen molar-refractivity contribution in [2.75, 3.05) is 17.3 Å². The number of sulfone groups is 1. The van der Waals surface area contributed by atoms with Gasteiger partial charge in [-0.25, -0.2) is 13.4 Å². The molecule has 0 saturated heterocycles. The van der Waals surface area contributed by atoms with E-state index in [1.54, 1.807) is 12.3 Å². The van der Waals surface area contributed by atoms with Crippen molar-refractivity contribution in [1.29, 1.82) is 0 Å². The van der Waals surface area contributed by atoms with Crippen LogP contribution in [0.2, 0.25) is 0 Å². The minimum Gasteiger partial charge on any atom is -0.444 e. The number of benzene rings is 1. The highest BCUT2D eigenvalue weighted by Gasteiger charge is 2.10. The molecule has 0 spiro atoms. The fourth-order valence-electron chi connectivity index (χ4n) is 1.70. The number of hydrogen-bond donors (Lipinski definition) is 2. The van der Waals surface area contributed by atoms with Gasteiger partial charge < -0.3 is 15.5 Å². The van der Waals surface area contributed by atoms with Crippen molar-refractivity contribution in [2.24, 2.45) is 0 Å². The van der Waals surface area contributed by atoms with Crippen LogP contribution in [0.1, 0.15) is 18.6 Å². The molecule has 1 aromatic carbocycles. The van der Waals surface area contributed by atoms with Crippen molar-refractivity contribution in [3.05, 3.63) is 36.0 Å². The minimum atomic E-state index is -3.25. The normalized spacial score (nSPS) is 11.5. The molecule has 0 amide bonds. The van der Waals surface area contributed by atoms with E-state index in [0.717, 1.165) is 18.4 Å². The lowest BCUT2D eigenvalue weighted by atomic mass is 10.2. The molecule has 1 aromatic heterocycles. The van der Waals surface area contributed by atoms with E-state index < -0.39 is 9.84 Å². The molecule has 3 N–H and O–H groups in total. The number of nitrogens with one attached hydrogen (secondary N) is 1. The third kappa shape index (κ3) is 3.30. The van der Waals surface area contributed by atoms with Crippen LogP contribution >= 0.6 is 0 Å². The summed E-state index contributed by atoms with van der Waals surface area (Å²) in [5.41, 5.74) is 6.85. The van der Waals surface area contributed by atoms with Gasteiger partial charge in [0.15, 0.2) is 9.84 Å². The quantitative estimate of drug-likeness (QED) is 0.817. The van der Waals surface area contributed by atoms with Gasteiger partial charge in [0.1, 0.15) is 5.76 Å². The lowest BCUT2D eigenvalue weighted by molar-refractivity contribution is 0.466. The molecule has 0 saturated carbocycles. The van der Waals surface area contributed by atoms with Crippen LogP contribution in [0.5, 0.6) is 0 Å². The monoisotopic (exact) mass is 295 g/mol. The highest BCUT2D eigenvalue weighted by molar-refractivity contribution is 7.90. The Bertz CT molecular complexity index is 707. The van der Waals surface area contributed by atoms with Gasteiger partial charge in [-0.3, -0.25) is 0 Å². The van der Waals surface area contributed by atoms with E-state index in [1.807, 2.05) is 6.92 Å². The molecule has 0 fully saturated rings. The first-order valence-electron chi connectivity index (χ1n) is 6.17. The van der Waals surface area contributed by atoms with Crippen molar-refractivity contribution >= 4 is 21.2 Å². The second-order valence-electron chi connectivity index (χ2n) is 4.45. The molecular weight excluding hydrogens is 278 g/mol. The van der Waals surface area contributed by atoms with Crippen molar-refractivity contribution in [3.8, 4) is 0 Å². The van der Waals surface area contributed by atoms with Crippen LogP contribution in [0.3, 0.4) is 0 Å². The number of nitrogen functional groups attached to an aromatic ring is 1. The Morgan fingerprint density at radius 1 is 1.40 bits per heavy atom. The van der Waals surface area contributed by atoms with Gasteiger partial charge in [-0.15, -0.1) is 0 Å². The molecule has 0 aliphatic rings. The Balaban J connectivity index is 2.10. The number of anilines is 2. The minimum absolute atomic E-state index is 0.199. The molecule has 0 aliphatic carbocycles. The van der Waals surface area contributed by atoms with Gasteiger partial charge in [0.05, 0.1) is 29.0 Å². The zero-order valence-corrected chi connectivity index (χ0v) is 12.2. The van der Waals surface area contributed by atoms with E-state index in [-0.39, 0.29) is 4.90 Å². The number of nitrogens with zero attached hydrogens (tertiary/aromatic N) is 1. The lowest BCUT2D eigenvalue weighted by Crippen LogP contribution is -2.04. The summed E-state index contributed by atoms with van der Waals surface area (Å²) in [6, 6.07) is 4.58. The summed E-state index contributed by atoms with van der Waals surface area (Å²) in [6.45, 7) is 2.38. The maximum absolute atomic E-state index is 11.4. The van der Waals surface area contributed by atoms with Gasteiger partial charge >= 0.3 is 0 Å². The summed E-state index contributed by atoms with van der Waals surface area (Å²) in [7, 11) is -3.25. The molecule has 0 aliphatic heterocycles. The Labute approximate surface area is 117 Å². The molecule has 2 rings (SSSR count). The predicted molar refractivity (Wildman–Crippen MR) is 77.2 cm³/mol. The van der Waals surface area contributed by atoms with E-state index in [9.17, 15) is 8.42 Å². The third-order valence-corrected chi connectivity index (χ3v) is 3.94. The molecule has 7 heteroatoms. The summed E-state index contributed by atoms with van der Waals surface area (Å²) in [6.07, 6.45) is 3.62. The van der Waals surface area contributed by atoms with Crippen molar-refractivity contribution in [2.45, 2.75) is 24.8 Å². The Hall–Kier alpha value is -2.02. The number of rotatable bonds is 5. The molecule has 0 atom stereocenters. The van der Waals surface area contributed by atoms with Gasteiger partial charge in [0.25, 0.3) is 0 Å². The number of nitrogens with two attached hydrogens (primary N) is 1. The first-order chi connectivity index (χ1) is 9.40. The molecule has 1 heterocycles. The van der Waals surface area contributed by atoms with E-state index in [1.165, 1.54) is 12.1 Å². The maximum Gasteiger partial charge on any atom is 0.213 e. The summed E-state index contributed by atoms with van der Waals surface area (Å²) in [5, 5.41) is 3.07. The first-order valence-corrected chi connectivity index (χ1v) is 8.06. The highest BCUT2D eigenvalue weighted by Crippen LogP contribution is 2.23. The second-order valence-corrected chi connectivity index (χ2v) is 6.46. The number of aryl methyl sites for hydroxylation is 1. The largest absolute Gasteiger partial charge is 0.444 e. The van der Waals surface area contributed by atoms with Gasteiger partial charge in [0.2, 0.25) is 5.89 Å². The van der Waals surface area contributed by atoms with Crippen molar-refractivity contribution in [3.63, 3.8) is 0 Å². The van der Waals surface area contributed by atoms with Crippen LogP contribution in [-0.2, 0) is 22.8 Å². The van der Waals surface area contributed by atoms with E-state index >= 15 is 0 Å². The molecule has 6 nitrogen and oxygen atoms in total. The molecule has 0 radical (unpaired) electrons. The first kappa shape index (κ1) is 14.4. The van der Waals surface area contributed by atoms with Crippen molar-refractivity contribution < 1.29 is 12.8 Å². The SMILES string of the molecule is CCc1cnc(CNc2ccc(S(C)(=O)=O)cc2N)o1. The van der Waals surface area contributed by atoms with Crippen LogP contribution < -0.4 is 11.1 Å². The van der Waals surface area contributed by atoms with Gasteiger partial charge in [-0.1, -0.05) is 6.92 Å². The number of oxazole rings is 1. The van der Waals surface area contributed by atoms with Crippen LogP contribution in [0.25, 0.3) is 0 Å².